The Labute approximate surface area is 72.8 Å². The van der Waals surface area contributed by atoms with E-state index in [4.69, 9.17) is 20.1 Å². The molecule has 0 heterocycles. The smallest absolute Gasteiger partial charge is 0.300 e. The Kier molecular flexibility index (Phi) is 9.86. The topological polar surface area (TPSA) is 77.8 Å². The summed E-state index contributed by atoms with van der Waals surface area (Å²) in [7, 11) is 0. The molecule has 0 bridgehead atoms. The molecule has 0 aliphatic rings. The largest absolute Gasteiger partial charge is 0.481 e. The van der Waals surface area contributed by atoms with Gasteiger partial charge in [-0.15, -0.1) is 0 Å². The maximum atomic E-state index is 9.00. The van der Waals surface area contributed by atoms with E-state index in [1.54, 1.807) is 13.8 Å². The van der Waals surface area contributed by atoms with Gasteiger partial charge in [-0.2, -0.15) is 0 Å². The van der Waals surface area contributed by atoms with Gasteiger partial charge in [0.25, 0.3) is 5.97 Å². The van der Waals surface area contributed by atoms with Crippen LogP contribution >= 0.6 is 0 Å². The highest BCUT2D eigenvalue weighted by molar-refractivity contribution is 5.62. The van der Waals surface area contributed by atoms with Crippen molar-refractivity contribution in [3.63, 3.8) is 0 Å². The summed E-state index contributed by atoms with van der Waals surface area (Å²) < 4.78 is 0. The number of hydrogen-bond acceptors (Lipinski definition) is 3. The van der Waals surface area contributed by atoms with Crippen molar-refractivity contribution in [2.24, 2.45) is 0 Å². The molecule has 12 heavy (non-hydrogen) atoms. The van der Waals surface area contributed by atoms with E-state index in [0.717, 1.165) is 6.92 Å². The average Bonchev–Trinajstić information content (AvgIpc) is 1.82. The van der Waals surface area contributed by atoms with Crippen LogP contribution in [0.15, 0.2) is 0 Å². The lowest BCUT2D eigenvalue weighted by Crippen LogP contribution is -2.06. The van der Waals surface area contributed by atoms with Gasteiger partial charge >= 0.3 is 0 Å². The molecule has 0 fully saturated rings. The number of carboxylic acid groups (broad SMARTS) is 1. The molecule has 4 nitrogen and oxygen atoms in total. The van der Waals surface area contributed by atoms with E-state index in [9.17, 15) is 0 Å². The molecule has 0 aromatic heterocycles. The van der Waals surface area contributed by atoms with Crippen LogP contribution in [0.3, 0.4) is 0 Å². The second kappa shape index (κ2) is 8.49. The predicted octanol–water partition coefficient (Wildman–Crippen LogP) is 0.619. The molecule has 0 spiro atoms. The number of hydrogen-bond donors (Lipinski definition) is 3. The lowest BCUT2D eigenvalue weighted by Gasteiger charge is -2.04. The molecule has 0 aliphatic carbocycles. The summed E-state index contributed by atoms with van der Waals surface area (Å²) in [5.41, 5.74) is 0. The summed E-state index contributed by atoms with van der Waals surface area (Å²) in [6, 6.07) is 0. The Balaban J connectivity index is 0. The maximum absolute atomic E-state index is 9.00. The molecule has 0 saturated carbocycles. The lowest BCUT2D eigenvalue weighted by molar-refractivity contribution is -0.134. The highest BCUT2D eigenvalue weighted by Gasteiger charge is 1.98. The van der Waals surface area contributed by atoms with Gasteiger partial charge in [0.2, 0.25) is 0 Å². The monoisotopic (exact) mass is 178 g/mol. The van der Waals surface area contributed by atoms with E-state index in [1.807, 2.05) is 0 Å². The third-order valence-electron chi connectivity index (χ3n) is 1.00. The van der Waals surface area contributed by atoms with Gasteiger partial charge in [-0.1, -0.05) is 0 Å². The fourth-order valence-corrected chi connectivity index (χ4v) is 0.482. The van der Waals surface area contributed by atoms with Crippen molar-refractivity contribution in [1.29, 1.82) is 0 Å². The summed E-state index contributed by atoms with van der Waals surface area (Å²) in [5.74, 6) is -0.833. The van der Waals surface area contributed by atoms with Crippen LogP contribution in [0.2, 0.25) is 0 Å². The Bertz CT molecular complexity index is 97.6. The SMILES string of the molecule is CC(=O)O.CC(O)CCC(C)O. The number of aliphatic carboxylic acids is 1. The van der Waals surface area contributed by atoms with Gasteiger partial charge < -0.3 is 15.3 Å². The van der Waals surface area contributed by atoms with Gasteiger partial charge in [-0.25, -0.2) is 0 Å². The first-order chi connectivity index (χ1) is 5.36. The first kappa shape index (κ1) is 13.9. The van der Waals surface area contributed by atoms with Crippen LogP contribution in [0.1, 0.15) is 33.6 Å². The number of aliphatic hydroxyl groups excluding tert-OH is 2. The summed E-state index contributed by atoms with van der Waals surface area (Å²) in [4.78, 5) is 9.00. The van der Waals surface area contributed by atoms with Crippen LogP contribution in [0.25, 0.3) is 0 Å². The summed E-state index contributed by atoms with van der Waals surface area (Å²) >= 11 is 0. The minimum Gasteiger partial charge on any atom is -0.481 e. The summed E-state index contributed by atoms with van der Waals surface area (Å²) in [6.07, 6.45) is 0.837. The van der Waals surface area contributed by atoms with Crippen molar-refractivity contribution in [3.05, 3.63) is 0 Å². The lowest BCUT2D eigenvalue weighted by atomic mass is 10.1. The standard InChI is InChI=1S/C6H14O2.C2H4O2/c1-5(7)3-4-6(2)8;1-2(3)4/h5-8H,3-4H2,1-2H3;1H3,(H,3,4). The fourth-order valence-electron chi connectivity index (χ4n) is 0.482. The van der Waals surface area contributed by atoms with E-state index < -0.39 is 5.97 Å². The van der Waals surface area contributed by atoms with Gasteiger partial charge in [0.15, 0.2) is 0 Å². The molecule has 0 aliphatic heterocycles. The van der Waals surface area contributed by atoms with Crippen molar-refractivity contribution in [2.75, 3.05) is 0 Å². The second-order valence-corrected chi connectivity index (χ2v) is 2.79. The molecular weight excluding hydrogens is 160 g/mol. The first-order valence-corrected chi connectivity index (χ1v) is 3.92. The van der Waals surface area contributed by atoms with Gasteiger partial charge in [-0.3, -0.25) is 4.79 Å². The van der Waals surface area contributed by atoms with Crippen molar-refractivity contribution >= 4 is 5.97 Å². The Morgan fingerprint density at radius 3 is 1.42 bits per heavy atom. The fraction of sp³-hybridized carbons (Fsp3) is 0.875. The van der Waals surface area contributed by atoms with E-state index in [2.05, 4.69) is 0 Å². The quantitative estimate of drug-likeness (QED) is 0.592. The van der Waals surface area contributed by atoms with E-state index >= 15 is 0 Å². The number of carbonyl (C=O) groups is 1. The third-order valence-corrected chi connectivity index (χ3v) is 1.00. The first-order valence-electron chi connectivity index (χ1n) is 3.92. The van der Waals surface area contributed by atoms with Crippen LogP contribution in [0.5, 0.6) is 0 Å². The zero-order valence-electron chi connectivity index (χ0n) is 7.82. The van der Waals surface area contributed by atoms with Crippen molar-refractivity contribution in [3.8, 4) is 0 Å². The van der Waals surface area contributed by atoms with Gasteiger partial charge in [0, 0.05) is 6.92 Å². The van der Waals surface area contributed by atoms with Crippen molar-refractivity contribution in [2.45, 2.75) is 45.8 Å². The Hall–Kier alpha value is -0.610. The van der Waals surface area contributed by atoms with Gasteiger partial charge in [0.05, 0.1) is 12.2 Å². The van der Waals surface area contributed by atoms with Crippen molar-refractivity contribution < 1.29 is 20.1 Å². The zero-order chi connectivity index (χ0) is 10.1. The predicted molar refractivity (Wildman–Crippen MR) is 45.9 cm³/mol. The molecular formula is C8H18O4. The van der Waals surface area contributed by atoms with Crippen LogP contribution in [-0.4, -0.2) is 33.5 Å². The van der Waals surface area contributed by atoms with Crippen LogP contribution in [-0.2, 0) is 4.79 Å². The second-order valence-electron chi connectivity index (χ2n) is 2.79. The Morgan fingerprint density at radius 1 is 1.17 bits per heavy atom. The van der Waals surface area contributed by atoms with Crippen molar-refractivity contribution in [1.82, 2.24) is 0 Å². The van der Waals surface area contributed by atoms with E-state index in [-0.39, 0.29) is 12.2 Å². The molecule has 0 saturated heterocycles. The molecule has 0 radical (unpaired) electrons. The number of aliphatic hydroxyl groups is 2. The van der Waals surface area contributed by atoms with Gasteiger partial charge in [-0.05, 0) is 26.7 Å². The maximum Gasteiger partial charge on any atom is 0.300 e. The number of rotatable bonds is 3. The molecule has 2 atom stereocenters. The molecule has 0 aromatic rings. The highest BCUT2D eigenvalue weighted by Crippen LogP contribution is 1.98. The van der Waals surface area contributed by atoms with Gasteiger partial charge in [0.1, 0.15) is 0 Å². The molecule has 2 unspecified atom stereocenters. The summed E-state index contributed by atoms with van der Waals surface area (Å²) in [5, 5.41) is 24.8. The molecule has 0 aromatic carbocycles. The molecule has 74 valence electrons. The summed E-state index contributed by atoms with van der Waals surface area (Å²) in [6.45, 7) is 4.53. The zero-order valence-corrected chi connectivity index (χ0v) is 7.82. The molecule has 4 heteroatoms. The highest BCUT2D eigenvalue weighted by atomic mass is 16.4. The minimum absolute atomic E-state index is 0.274. The van der Waals surface area contributed by atoms with E-state index in [0.29, 0.717) is 12.8 Å². The Morgan fingerprint density at radius 2 is 1.33 bits per heavy atom. The average molecular weight is 178 g/mol. The van der Waals surface area contributed by atoms with Crippen LogP contribution < -0.4 is 0 Å². The van der Waals surface area contributed by atoms with Crippen LogP contribution in [0.4, 0.5) is 0 Å². The third kappa shape index (κ3) is 34.3. The molecule has 0 amide bonds. The minimum atomic E-state index is -0.833. The molecule has 0 rings (SSSR count). The normalized spacial score (nSPS) is 14.1. The number of carboxylic acids is 1. The molecule has 3 N–H and O–H groups in total. The van der Waals surface area contributed by atoms with E-state index in [1.165, 1.54) is 0 Å². The van der Waals surface area contributed by atoms with Crippen LogP contribution in [0, 0.1) is 0 Å².